The Labute approximate surface area is 127 Å². The van der Waals surface area contributed by atoms with Crippen LogP contribution in [0.3, 0.4) is 0 Å². The minimum Gasteiger partial charge on any atom is -0.493 e. The molecule has 0 unspecified atom stereocenters. The molecule has 0 saturated heterocycles. The normalized spacial score (nSPS) is 9.33. The number of hydrogen-bond donors (Lipinski definition) is 0. The van der Waals surface area contributed by atoms with Gasteiger partial charge in [0, 0.05) is 18.3 Å². The minimum absolute atomic E-state index is 0.0755. The number of aromatic nitrogens is 1. The monoisotopic (exact) mass is 310 g/mol. The fraction of sp³-hybridized carbons (Fsp3) is 0.214. The number of ether oxygens (including phenoxy) is 2. The van der Waals surface area contributed by atoms with Crippen LogP contribution in [0.25, 0.3) is 0 Å². The highest BCUT2D eigenvalue weighted by atomic mass is 35.5. The molecule has 1 aromatic heterocycles. The van der Waals surface area contributed by atoms with Gasteiger partial charge in [-0.05, 0) is 6.07 Å². The first-order chi connectivity index (χ1) is 10.1. The van der Waals surface area contributed by atoms with Crippen LogP contribution in [0.15, 0.2) is 36.7 Å². The van der Waals surface area contributed by atoms with E-state index < -0.39 is 4.92 Å². The van der Waals surface area contributed by atoms with Gasteiger partial charge in [0.1, 0.15) is 5.75 Å². The molecule has 1 aromatic carbocycles. The van der Waals surface area contributed by atoms with Gasteiger partial charge in [0.2, 0.25) is 0 Å². The predicted octanol–water partition coefficient (Wildman–Crippen LogP) is 4.47. The van der Waals surface area contributed by atoms with Crippen LogP contribution in [0.5, 0.6) is 17.2 Å². The van der Waals surface area contributed by atoms with Crippen LogP contribution < -0.4 is 9.47 Å². The molecule has 2 aromatic rings. The molecule has 0 aliphatic rings. The summed E-state index contributed by atoms with van der Waals surface area (Å²) in [5.74, 6) is 1.02. The van der Waals surface area contributed by atoms with E-state index in [1.807, 2.05) is 13.8 Å². The number of nitro groups is 1. The number of nitro benzene ring substituents is 1. The number of methoxy groups -OCH3 is 1. The molecule has 1 heterocycles. The Morgan fingerprint density at radius 2 is 1.90 bits per heavy atom. The molecule has 2 rings (SSSR count). The van der Waals surface area contributed by atoms with E-state index in [9.17, 15) is 10.1 Å². The molecule has 0 amide bonds. The summed E-state index contributed by atoms with van der Waals surface area (Å²) < 4.78 is 10.6. The van der Waals surface area contributed by atoms with Gasteiger partial charge in [-0.25, -0.2) is 0 Å². The van der Waals surface area contributed by atoms with Gasteiger partial charge in [0.05, 0.1) is 29.3 Å². The average Bonchev–Trinajstić information content (AvgIpc) is 2.49. The van der Waals surface area contributed by atoms with Crippen molar-refractivity contribution in [2.24, 2.45) is 0 Å². The first-order valence-electron chi connectivity index (χ1n) is 6.21. The summed E-state index contributed by atoms with van der Waals surface area (Å²) in [6.45, 7) is 4.00. The van der Waals surface area contributed by atoms with Crippen molar-refractivity contribution in [3.63, 3.8) is 0 Å². The molecule has 0 atom stereocenters. The first kappa shape index (κ1) is 16.7. The zero-order valence-electron chi connectivity index (χ0n) is 11.9. The van der Waals surface area contributed by atoms with Crippen molar-refractivity contribution in [1.29, 1.82) is 0 Å². The van der Waals surface area contributed by atoms with E-state index in [-0.39, 0.29) is 11.4 Å². The summed E-state index contributed by atoms with van der Waals surface area (Å²) in [7, 11) is 1.40. The number of pyridine rings is 1. The highest BCUT2D eigenvalue weighted by Gasteiger charge is 2.13. The summed E-state index contributed by atoms with van der Waals surface area (Å²) in [5, 5.41) is 11.1. The van der Waals surface area contributed by atoms with Crippen molar-refractivity contribution in [3.05, 3.63) is 51.8 Å². The molecule has 112 valence electrons. The van der Waals surface area contributed by atoms with Crippen molar-refractivity contribution >= 4 is 17.3 Å². The van der Waals surface area contributed by atoms with E-state index in [0.717, 1.165) is 0 Å². The molecule has 0 spiro atoms. The van der Waals surface area contributed by atoms with Crippen molar-refractivity contribution in [2.45, 2.75) is 13.8 Å². The fourth-order valence-corrected chi connectivity index (χ4v) is 1.59. The molecule has 7 heteroatoms. The second-order valence-corrected chi connectivity index (χ2v) is 3.97. The third-order valence-electron chi connectivity index (χ3n) is 2.27. The van der Waals surface area contributed by atoms with Crippen molar-refractivity contribution < 1.29 is 14.4 Å². The quantitative estimate of drug-likeness (QED) is 0.615. The Morgan fingerprint density at radius 1 is 1.19 bits per heavy atom. The summed E-state index contributed by atoms with van der Waals surface area (Å²) in [4.78, 5) is 14.0. The van der Waals surface area contributed by atoms with Crippen molar-refractivity contribution in [2.75, 3.05) is 7.11 Å². The highest BCUT2D eigenvalue weighted by molar-refractivity contribution is 6.30. The highest BCUT2D eigenvalue weighted by Crippen LogP contribution is 2.34. The third kappa shape index (κ3) is 4.61. The maximum Gasteiger partial charge on any atom is 0.273 e. The van der Waals surface area contributed by atoms with E-state index in [1.165, 1.54) is 37.7 Å². The van der Waals surface area contributed by atoms with Gasteiger partial charge >= 0.3 is 0 Å². The molecule has 0 bridgehead atoms. The standard InChI is InChI=1S/C12H9ClN2O4.C2H6/c1-18-12-5-9(15(16)17)2-3-11(12)19-10-4-8(13)6-14-7-10;1-2/h2-7H,1H3;1-2H3. The lowest BCUT2D eigenvalue weighted by atomic mass is 10.3. The number of nitrogens with zero attached hydrogens (tertiary/aromatic N) is 2. The molecule has 0 saturated carbocycles. The number of rotatable bonds is 4. The summed E-state index contributed by atoms with van der Waals surface area (Å²) in [6, 6.07) is 5.65. The van der Waals surface area contributed by atoms with E-state index >= 15 is 0 Å². The van der Waals surface area contributed by atoms with Gasteiger partial charge in [-0.1, -0.05) is 25.4 Å². The lowest BCUT2D eigenvalue weighted by Gasteiger charge is -2.09. The van der Waals surface area contributed by atoms with Crippen LogP contribution in [0.4, 0.5) is 5.69 Å². The number of benzene rings is 1. The second kappa shape index (κ2) is 8.06. The van der Waals surface area contributed by atoms with E-state index in [0.29, 0.717) is 16.5 Å². The molecule has 21 heavy (non-hydrogen) atoms. The Kier molecular flexibility index (Phi) is 6.42. The molecule has 0 aliphatic heterocycles. The van der Waals surface area contributed by atoms with Crippen LogP contribution >= 0.6 is 11.6 Å². The summed E-state index contributed by atoms with van der Waals surface area (Å²) in [6.07, 6.45) is 2.95. The Bertz CT molecular complexity index is 620. The topological polar surface area (TPSA) is 74.5 Å². The SMILES string of the molecule is CC.COc1cc([N+](=O)[O-])ccc1Oc1cncc(Cl)c1. The minimum atomic E-state index is -0.507. The smallest absolute Gasteiger partial charge is 0.273 e. The van der Waals surface area contributed by atoms with Crippen LogP contribution in [-0.2, 0) is 0 Å². The number of halogens is 1. The van der Waals surface area contributed by atoms with E-state index in [4.69, 9.17) is 21.1 Å². The van der Waals surface area contributed by atoms with Gasteiger partial charge in [-0.15, -0.1) is 0 Å². The van der Waals surface area contributed by atoms with E-state index in [1.54, 1.807) is 6.07 Å². The average molecular weight is 311 g/mol. The maximum absolute atomic E-state index is 10.7. The molecule has 0 radical (unpaired) electrons. The Morgan fingerprint density at radius 3 is 2.48 bits per heavy atom. The zero-order valence-corrected chi connectivity index (χ0v) is 12.6. The second-order valence-electron chi connectivity index (χ2n) is 3.53. The maximum atomic E-state index is 10.7. The molecule has 6 nitrogen and oxygen atoms in total. The first-order valence-corrected chi connectivity index (χ1v) is 6.59. The lowest BCUT2D eigenvalue weighted by molar-refractivity contribution is -0.384. The molecule has 0 fully saturated rings. The molecule has 0 aliphatic carbocycles. The Hall–Kier alpha value is -2.34. The molecular formula is C14H15ClN2O4. The Balaban J connectivity index is 0.00000106. The zero-order chi connectivity index (χ0) is 15.8. The predicted molar refractivity (Wildman–Crippen MR) is 80.3 cm³/mol. The van der Waals surface area contributed by atoms with Gasteiger partial charge in [0.25, 0.3) is 5.69 Å². The van der Waals surface area contributed by atoms with Gasteiger partial charge in [-0.2, -0.15) is 0 Å². The van der Waals surface area contributed by atoms with Crippen LogP contribution in [0.2, 0.25) is 5.02 Å². The van der Waals surface area contributed by atoms with Crippen molar-refractivity contribution in [1.82, 2.24) is 4.98 Å². The van der Waals surface area contributed by atoms with Crippen LogP contribution in [0.1, 0.15) is 13.8 Å². The number of hydrogen-bond acceptors (Lipinski definition) is 5. The lowest BCUT2D eigenvalue weighted by Crippen LogP contribution is -1.93. The fourth-order valence-electron chi connectivity index (χ4n) is 1.43. The molecule has 0 N–H and O–H groups in total. The molecular weight excluding hydrogens is 296 g/mol. The van der Waals surface area contributed by atoms with E-state index in [2.05, 4.69) is 4.98 Å². The van der Waals surface area contributed by atoms with Gasteiger partial charge in [0.15, 0.2) is 11.5 Å². The van der Waals surface area contributed by atoms with Crippen LogP contribution in [0, 0.1) is 10.1 Å². The van der Waals surface area contributed by atoms with Gasteiger partial charge in [-0.3, -0.25) is 15.1 Å². The summed E-state index contributed by atoms with van der Waals surface area (Å²) >= 11 is 5.79. The third-order valence-corrected chi connectivity index (χ3v) is 2.47. The van der Waals surface area contributed by atoms with Gasteiger partial charge < -0.3 is 9.47 Å². The number of non-ortho nitro benzene ring substituents is 1. The summed E-state index contributed by atoms with van der Waals surface area (Å²) in [5.41, 5.74) is -0.0755. The van der Waals surface area contributed by atoms with Crippen LogP contribution in [-0.4, -0.2) is 17.0 Å². The largest absolute Gasteiger partial charge is 0.493 e. The van der Waals surface area contributed by atoms with Crippen molar-refractivity contribution in [3.8, 4) is 17.2 Å².